The van der Waals surface area contributed by atoms with Crippen molar-refractivity contribution in [2.75, 3.05) is 13.7 Å². The van der Waals surface area contributed by atoms with Crippen LogP contribution in [0.4, 0.5) is 0 Å². The number of nitrogens with one attached hydrogen (secondary N) is 1. The first-order chi connectivity index (χ1) is 28.5. The van der Waals surface area contributed by atoms with E-state index in [2.05, 4.69) is 227 Å². The number of hydrogen-bond acceptors (Lipinski definition) is 3. The van der Waals surface area contributed by atoms with E-state index < -0.39 is 11.0 Å². The third kappa shape index (κ3) is 5.94. The summed E-state index contributed by atoms with van der Waals surface area (Å²) in [4.78, 5) is 5.09. The van der Waals surface area contributed by atoms with Gasteiger partial charge in [0, 0.05) is 24.6 Å². The van der Waals surface area contributed by atoms with Crippen LogP contribution in [0.15, 0.2) is 121 Å². The summed E-state index contributed by atoms with van der Waals surface area (Å²) in [6, 6.07) is 41.1. The molecule has 4 heteroatoms. The van der Waals surface area contributed by atoms with Crippen molar-refractivity contribution in [3.63, 3.8) is 0 Å². The van der Waals surface area contributed by atoms with Crippen molar-refractivity contribution in [3.8, 4) is 22.3 Å². The van der Waals surface area contributed by atoms with Crippen LogP contribution in [-0.4, -0.2) is 33.7 Å². The molecule has 61 heavy (non-hydrogen) atoms. The molecule has 1 N–H and O–H groups in total. The van der Waals surface area contributed by atoms with Crippen molar-refractivity contribution in [3.05, 3.63) is 182 Å². The van der Waals surface area contributed by atoms with Crippen molar-refractivity contribution >= 4 is 0 Å². The largest absolute Gasteiger partial charge is 0.359 e. The van der Waals surface area contributed by atoms with E-state index in [-0.39, 0.29) is 21.7 Å². The standard InChI is InChI=1S/C57H66N4/c1-35-36(2)61(34-60(35)15)57(49-26-22-41(54(9,10)11)32-45(49)46-33-42(55(12,13)14)23-27-50(46)57)38-18-16-37(17-19-38)56(51-28-29-58-59-51)47-24-20-39(52(3,4)5)30-43(47)44-31-40(53(6,7)8)21-25-48(44)56/h16-33H,34H2,1-15H3,(H,58,59). The fraction of sp³-hybridized carbons (Fsp3) is 0.386. The monoisotopic (exact) mass is 807 g/mol. The summed E-state index contributed by atoms with van der Waals surface area (Å²) in [5.41, 5.74) is 21.1. The molecule has 0 unspecified atom stereocenters. The molecule has 2 heterocycles. The molecule has 0 saturated carbocycles. The van der Waals surface area contributed by atoms with Gasteiger partial charge in [-0.05, 0) is 119 Å². The quantitative estimate of drug-likeness (QED) is 0.192. The van der Waals surface area contributed by atoms with E-state index in [0.29, 0.717) is 0 Å². The zero-order valence-electron chi connectivity index (χ0n) is 39.4. The first kappa shape index (κ1) is 41.0. The molecule has 0 atom stereocenters. The highest BCUT2D eigenvalue weighted by atomic mass is 15.4. The van der Waals surface area contributed by atoms with E-state index in [1.165, 1.54) is 89.3 Å². The summed E-state index contributed by atoms with van der Waals surface area (Å²) in [7, 11) is 2.23. The normalized spacial score (nSPS) is 16.8. The smallest absolute Gasteiger partial charge is 0.119 e. The molecule has 9 rings (SSSR count). The molecule has 6 aromatic rings. The first-order valence-electron chi connectivity index (χ1n) is 22.4. The molecule has 1 aliphatic heterocycles. The van der Waals surface area contributed by atoms with Gasteiger partial charge in [-0.3, -0.25) is 5.10 Å². The SMILES string of the molecule is CC1=C(C)N(C2(c3ccc(C4(c5ccn[nH]5)c5ccc(C(C)(C)C)cc5-c5cc(C(C)(C)C)ccc54)cc3)c3ccc(C(C)(C)C)cc3-c3cc(C(C)(C)C)ccc32)CN1C. The predicted molar refractivity (Wildman–Crippen MR) is 255 cm³/mol. The topological polar surface area (TPSA) is 35.2 Å². The number of rotatable bonds is 4. The molecule has 5 aromatic carbocycles. The van der Waals surface area contributed by atoms with Gasteiger partial charge in [0.25, 0.3) is 0 Å². The maximum absolute atomic E-state index is 4.62. The van der Waals surface area contributed by atoms with Crippen LogP contribution in [0.1, 0.15) is 158 Å². The van der Waals surface area contributed by atoms with Gasteiger partial charge >= 0.3 is 0 Å². The number of fused-ring (bicyclic) bond motifs is 6. The average Bonchev–Trinajstić information content (AvgIpc) is 3.96. The number of allylic oxidation sites excluding steroid dienone is 2. The second-order valence-electron chi connectivity index (χ2n) is 22.5. The number of nitrogens with zero attached hydrogens (tertiary/aromatic N) is 3. The van der Waals surface area contributed by atoms with Crippen molar-refractivity contribution in [2.24, 2.45) is 0 Å². The third-order valence-electron chi connectivity index (χ3n) is 14.6. The van der Waals surface area contributed by atoms with Crippen molar-refractivity contribution in [2.45, 2.75) is 130 Å². The van der Waals surface area contributed by atoms with E-state index in [4.69, 9.17) is 0 Å². The molecule has 0 amide bonds. The summed E-state index contributed by atoms with van der Waals surface area (Å²) in [5, 5.41) is 8.14. The second kappa shape index (κ2) is 13.3. The highest BCUT2D eigenvalue weighted by molar-refractivity contribution is 5.88. The van der Waals surface area contributed by atoms with Crippen molar-refractivity contribution in [1.29, 1.82) is 0 Å². The maximum Gasteiger partial charge on any atom is 0.119 e. The maximum atomic E-state index is 4.62. The van der Waals surface area contributed by atoms with Crippen LogP contribution >= 0.6 is 0 Å². The Morgan fingerprint density at radius 2 is 0.852 bits per heavy atom. The van der Waals surface area contributed by atoms with E-state index in [1.54, 1.807) is 0 Å². The minimum absolute atomic E-state index is 0.00969. The summed E-state index contributed by atoms with van der Waals surface area (Å²) in [6.45, 7) is 33.3. The number of H-pyrrole nitrogens is 1. The Morgan fingerprint density at radius 1 is 0.475 bits per heavy atom. The third-order valence-corrected chi connectivity index (χ3v) is 14.6. The van der Waals surface area contributed by atoms with E-state index in [1.807, 2.05) is 6.20 Å². The fourth-order valence-corrected chi connectivity index (χ4v) is 10.7. The highest BCUT2D eigenvalue weighted by Crippen LogP contribution is 2.60. The lowest BCUT2D eigenvalue weighted by molar-refractivity contribution is 0.181. The Labute approximate surface area is 366 Å². The Morgan fingerprint density at radius 3 is 1.20 bits per heavy atom. The van der Waals surface area contributed by atoms with Gasteiger partial charge in [0.05, 0.1) is 17.8 Å². The number of aromatic amines is 1. The van der Waals surface area contributed by atoms with Crippen LogP contribution in [0.2, 0.25) is 0 Å². The summed E-state index contributed by atoms with van der Waals surface area (Å²) in [6.07, 6.45) is 1.91. The minimum Gasteiger partial charge on any atom is -0.359 e. The summed E-state index contributed by atoms with van der Waals surface area (Å²) >= 11 is 0. The van der Waals surface area contributed by atoms with Gasteiger partial charge in [0.15, 0.2) is 0 Å². The average molecular weight is 807 g/mol. The zero-order valence-corrected chi connectivity index (χ0v) is 39.4. The molecule has 0 saturated heterocycles. The highest BCUT2D eigenvalue weighted by Gasteiger charge is 2.53. The fourth-order valence-electron chi connectivity index (χ4n) is 10.7. The molecule has 4 nitrogen and oxygen atoms in total. The molecular weight excluding hydrogens is 741 g/mol. The number of hydrogen-bond donors (Lipinski definition) is 1. The van der Waals surface area contributed by atoms with Crippen LogP contribution in [0.3, 0.4) is 0 Å². The number of benzene rings is 5. The molecule has 0 bridgehead atoms. The van der Waals surface area contributed by atoms with Gasteiger partial charge in [-0.2, -0.15) is 5.10 Å². The van der Waals surface area contributed by atoms with Crippen LogP contribution in [0.25, 0.3) is 22.3 Å². The van der Waals surface area contributed by atoms with E-state index in [9.17, 15) is 0 Å². The van der Waals surface area contributed by atoms with Gasteiger partial charge in [0.2, 0.25) is 0 Å². The molecule has 1 aromatic heterocycles. The van der Waals surface area contributed by atoms with E-state index >= 15 is 0 Å². The van der Waals surface area contributed by atoms with Crippen molar-refractivity contribution in [1.82, 2.24) is 20.0 Å². The van der Waals surface area contributed by atoms with Crippen LogP contribution in [0.5, 0.6) is 0 Å². The summed E-state index contributed by atoms with van der Waals surface area (Å²) in [5.74, 6) is 0. The molecular formula is C57H66N4. The lowest BCUT2D eigenvalue weighted by atomic mass is 9.68. The van der Waals surface area contributed by atoms with Gasteiger partial charge in [-0.1, -0.05) is 180 Å². The van der Waals surface area contributed by atoms with Crippen molar-refractivity contribution < 1.29 is 0 Å². The van der Waals surface area contributed by atoms with Gasteiger partial charge in [0.1, 0.15) is 5.54 Å². The van der Waals surface area contributed by atoms with Gasteiger partial charge < -0.3 is 9.80 Å². The zero-order chi connectivity index (χ0) is 43.8. The molecule has 0 spiro atoms. The predicted octanol–water partition coefficient (Wildman–Crippen LogP) is 13.7. The Hall–Kier alpha value is -5.35. The lowest BCUT2D eigenvalue weighted by Crippen LogP contribution is -2.46. The molecule has 2 aliphatic carbocycles. The molecule has 0 fully saturated rings. The molecule has 314 valence electrons. The minimum atomic E-state index is -0.589. The van der Waals surface area contributed by atoms with Crippen LogP contribution < -0.4 is 0 Å². The number of aromatic nitrogens is 2. The molecule has 3 aliphatic rings. The Bertz CT molecular complexity index is 2610. The van der Waals surface area contributed by atoms with Gasteiger partial charge in [-0.25, -0.2) is 0 Å². The van der Waals surface area contributed by atoms with Gasteiger partial charge in [-0.15, -0.1) is 0 Å². The van der Waals surface area contributed by atoms with Crippen LogP contribution in [-0.2, 0) is 32.6 Å². The summed E-state index contributed by atoms with van der Waals surface area (Å²) < 4.78 is 0. The van der Waals surface area contributed by atoms with Crippen LogP contribution in [0, 0.1) is 0 Å². The second-order valence-corrected chi connectivity index (χ2v) is 22.5. The first-order valence-corrected chi connectivity index (χ1v) is 22.4. The molecule has 0 radical (unpaired) electrons. The Kier molecular flexibility index (Phi) is 8.96. The van der Waals surface area contributed by atoms with E-state index in [0.717, 1.165) is 12.4 Å². The lowest BCUT2D eigenvalue weighted by Gasteiger charge is -2.44. The Balaban J connectivity index is 1.34.